The first-order chi connectivity index (χ1) is 12.6. The van der Waals surface area contributed by atoms with E-state index in [1.165, 1.54) is 11.1 Å². The first kappa shape index (κ1) is 19.9. The standard InChI is InChI=1S/C20H31N5O/c1-5-6-12-21-20(23-14-17-9-7-16(4)8-10-17)22-13-11-18-24-19(15(2)3)25-26-18/h7-10,15H,5-6,11-14H2,1-4H3,(H2,21,22,23). The van der Waals surface area contributed by atoms with Crippen molar-refractivity contribution in [3.05, 3.63) is 47.1 Å². The maximum absolute atomic E-state index is 5.29. The number of aliphatic imine (C=N–C) groups is 1. The molecule has 0 aliphatic rings. The number of benzene rings is 1. The molecule has 0 spiro atoms. The van der Waals surface area contributed by atoms with Crippen molar-refractivity contribution < 1.29 is 4.52 Å². The third-order valence-corrected chi connectivity index (χ3v) is 3.99. The van der Waals surface area contributed by atoms with Crippen molar-refractivity contribution >= 4 is 5.96 Å². The molecular formula is C20H31N5O. The zero-order valence-corrected chi connectivity index (χ0v) is 16.4. The number of hydrogen-bond acceptors (Lipinski definition) is 4. The Morgan fingerprint density at radius 3 is 2.54 bits per heavy atom. The number of nitrogens with one attached hydrogen (secondary N) is 2. The van der Waals surface area contributed by atoms with E-state index in [1.807, 2.05) is 0 Å². The average molecular weight is 358 g/mol. The van der Waals surface area contributed by atoms with Crippen molar-refractivity contribution in [2.24, 2.45) is 4.99 Å². The topological polar surface area (TPSA) is 75.3 Å². The molecule has 142 valence electrons. The summed E-state index contributed by atoms with van der Waals surface area (Å²) in [6.45, 7) is 10.6. The van der Waals surface area contributed by atoms with E-state index in [1.54, 1.807) is 0 Å². The van der Waals surface area contributed by atoms with Crippen LogP contribution in [0, 0.1) is 6.92 Å². The van der Waals surface area contributed by atoms with Gasteiger partial charge in [-0.15, -0.1) is 0 Å². The largest absolute Gasteiger partial charge is 0.356 e. The molecule has 2 N–H and O–H groups in total. The summed E-state index contributed by atoms with van der Waals surface area (Å²) in [5, 5.41) is 10.7. The average Bonchev–Trinajstić information content (AvgIpc) is 3.10. The Morgan fingerprint density at radius 2 is 1.88 bits per heavy atom. The third kappa shape index (κ3) is 6.86. The molecule has 0 bridgehead atoms. The Bertz CT molecular complexity index is 676. The van der Waals surface area contributed by atoms with Gasteiger partial charge < -0.3 is 15.2 Å². The number of nitrogens with zero attached hydrogens (tertiary/aromatic N) is 3. The van der Waals surface area contributed by atoms with Crippen LogP contribution in [-0.2, 0) is 13.0 Å². The molecule has 0 fully saturated rings. The summed E-state index contributed by atoms with van der Waals surface area (Å²) in [6.07, 6.45) is 2.95. The summed E-state index contributed by atoms with van der Waals surface area (Å²) < 4.78 is 5.29. The fraction of sp³-hybridized carbons (Fsp3) is 0.550. The van der Waals surface area contributed by atoms with Crippen molar-refractivity contribution in [2.75, 3.05) is 13.1 Å². The number of guanidine groups is 1. The van der Waals surface area contributed by atoms with Gasteiger partial charge in [-0.1, -0.05) is 62.2 Å². The lowest BCUT2D eigenvalue weighted by atomic mass is 10.1. The molecular weight excluding hydrogens is 326 g/mol. The lowest BCUT2D eigenvalue weighted by Crippen LogP contribution is -2.39. The van der Waals surface area contributed by atoms with Crippen molar-refractivity contribution in [3.8, 4) is 0 Å². The fourth-order valence-corrected chi connectivity index (χ4v) is 2.31. The van der Waals surface area contributed by atoms with E-state index < -0.39 is 0 Å². The first-order valence-corrected chi connectivity index (χ1v) is 9.48. The summed E-state index contributed by atoms with van der Waals surface area (Å²) in [5.74, 6) is 2.52. The normalized spacial score (nSPS) is 11.8. The van der Waals surface area contributed by atoms with Crippen LogP contribution in [0.4, 0.5) is 0 Å². The Hall–Kier alpha value is -2.37. The number of aromatic nitrogens is 2. The van der Waals surface area contributed by atoms with Gasteiger partial charge in [0.15, 0.2) is 11.8 Å². The zero-order chi connectivity index (χ0) is 18.8. The van der Waals surface area contributed by atoms with E-state index >= 15 is 0 Å². The molecule has 2 aromatic rings. The van der Waals surface area contributed by atoms with Gasteiger partial charge in [0.1, 0.15) is 0 Å². The Labute approximate surface area is 156 Å². The van der Waals surface area contributed by atoms with Crippen LogP contribution in [0.15, 0.2) is 33.8 Å². The van der Waals surface area contributed by atoms with Gasteiger partial charge in [0, 0.05) is 25.4 Å². The molecule has 0 aliphatic heterocycles. The second kappa shape index (κ2) is 10.6. The van der Waals surface area contributed by atoms with E-state index in [2.05, 4.69) is 77.7 Å². The van der Waals surface area contributed by atoms with Crippen molar-refractivity contribution in [1.29, 1.82) is 0 Å². The van der Waals surface area contributed by atoms with Gasteiger partial charge in [-0.05, 0) is 18.9 Å². The maximum atomic E-state index is 5.29. The van der Waals surface area contributed by atoms with Crippen molar-refractivity contribution in [2.45, 2.75) is 59.4 Å². The van der Waals surface area contributed by atoms with Gasteiger partial charge in [-0.25, -0.2) is 4.99 Å². The molecule has 0 amide bonds. The number of unbranched alkanes of at least 4 members (excludes halogenated alkanes) is 1. The minimum absolute atomic E-state index is 0.280. The summed E-state index contributed by atoms with van der Waals surface area (Å²) in [6, 6.07) is 8.47. The Morgan fingerprint density at radius 1 is 1.15 bits per heavy atom. The van der Waals surface area contributed by atoms with Crippen LogP contribution < -0.4 is 10.6 Å². The smallest absolute Gasteiger partial charge is 0.228 e. The van der Waals surface area contributed by atoms with Gasteiger partial charge >= 0.3 is 0 Å². The predicted octanol–water partition coefficient (Wildman–Crippen LogP) is 3.58. The number of hydrogen-bond donors (Lipinski definition) is 2. The fourth-order valence-electron chi connectivity index (χ4n) is 2.31. The maximum Gasteiger partial charge on any atom is 0.228 e. The highest BCUT2D eigenvalue weighted by Gasteiger charge is 2.09. The molecule has 6 nitrogen and oxygen atoms in total. The highest BCUT2D eigenvalue weighted by atomic mass is 16.5. The highest BCUT2D eigenvalue weighted by molar-refractivity contribution is 5.79. The van der Waals surface area contributed by atoms with Gasteiger partial charge in [-0.2, -0.15) is 4.98 Å². The first-order valence-electron chi connectivity index (χ1n) is 9.48. The van der Waals surface area contributed by atoms with Gasteiger partial charge in [-0.3, -0.25) is 0 Å². The van der Waals surface area contributed by atoms with E-state index in [-0.39, 0.29) is 5.92 Å². The van der Waals surface area contributed by atoms with Crippen LogP contribution in [0.25, 0.3) is 0 Å². The second-order valence-corrected chi connectivity index (χ2v) is 6.81. The molecule has 0 unspecified atom stereocenters. The zero-order valence-electron chi connectivity index (χ0n) is 16.4. The lowest BCUT2D eigenvalue weighted by Gasteiger charge is -2.11. The van der Waals surface area contributed by atoms with E-state index in [0.717, 1.165) is 31.2 Å². The molecule has 0 aliphatic carbocycles. The third-order valence-electron chi connectivity index (χ3n) is 3.99. The van der Waals surface area contributed by atoms with Crippen molar-refractivity contribution in [1.82, 2.24) is 20.8 Å². The van der Waals surface area contributed by atoms with Crippen LogP contribution >= 0.6 is 0 Å². The minimum atomic E-state index is 0.280. The molecule has 6 heteroatoms. The van der Waals surface area contributed by atoms with E-state index in [9.17, 15) is 0 Å². The number of aryl methyl sites for hydroxylation is 1. The van der Waals surface area contributed by atoms with Crippen LogP contribution in [0.5, 0.6) is 0 Å². The molecule has 0 saturated carbocycles. The van der Waals surface area contributed by atoms with E-state index in [0.29, 0.717) is 25.4 Å². The highest BCUT2D eigenvalue weighted by Crippen LogP contribution is 2.09. The predicted molar refractivity (Wildman–Crippen MR) is 105 cm³/mol. The molecule has 1 heterocycles. The second-order valence-electron chi connectivity index (χ2n) is 6.81. The monoisotopic (exact) mass is 357 g/mol. The molecule has 0 saturated heterocycles. The van der Waals surface area contributed by atoms with E-state index in [4.69, 9.17) is 4.52 Å². The molecule has 1 aromatic heterocycles. The quantitative estimate of drug-likeness (QED) is 0.408. The lowest BCUT2D eigenvalue weighted by molar-refractivity contribution is 0.371. The van der Waals surface area contributed by atoms with Crippen LogP contribution in [-0.4, -0.2) is 29.2 Å². The summed E-state index contributed by atoms with van der Waals surface area (Å²) in [4.78, 5) is 9.09. The molecule has 26 heavy (non-hydrogen) atoms. The van der Waals surface area contributed by atoms with Crippen LogP contribution in [0.3, 0.4) is 0 Å². The SMILES string of the molecule is CCCCNC(=NCc1ccc(C)cc1)NCCc1nc(C(C)C)no1. The molecule has 0 radical (unpaired) electrons. The molecule has 1 aromatic carbocycles. The Kier molecular flexibility index (Phi) is 8.12. The van der Waals surface area contributed by atoms with Crippen molar-refractivity contribution in [3.63, 3.8) is 0 Å². The van der Waals surface area contributed by atoms with Gasteiger partial charge in [0.2, 0.25) is 5.89 Å². The van der Waals surface area contributed by atoms with Crippen LogP contribution in [0.2, 0.25) is 0 Å². The number of rotatable bonds is 9. The minimum Gasteiger partial charge on any atom is -0.356 e. The molecule has 0 atom stereocenters. The van der Waals surface area contributed by atoms with Gasteiger partial charge in [0.05, 0.1) is 6.54 Å². The Balaban J connectivity index is 1.88. The molecule has 2 rings (SSSR count). The van der Waals surface area contributed by atoms with Gasteiger partial charge in [0.25, 0.3) is 0 Å². The summed E-state index contributed by atoms with van der Waals surface area (Å²) in [7, 11) is 0. The summed E-state index contributed by atoms with van der Waals surface area (Å²) >= 11 is 0. The summed E-state index contributed by atoms with van der Waals surface area (Å²) in [5.41, 5.74) is 2.46. The van der Waals surface area contributed by atoms with Crippen LogP contribution in [0.1, 0.15) is 62.4 Å².